The van der Waals surface area contributed by atoms with Crippen LogP contribution in [-0.2, 0) is 17.6 Å². The van der Waals surface area contributed by atoms with Crippen LogP contribution in [0.5, 0.6) is 0 Å². The van der Waals surface area contributed by atoms with Crippen LogP contribution in [0.25, 0.3) is 10.9 Å². The average molecular weight is 431 g/mol. The molecular formula is C27H34N4O. The van der Waals surface area contributed by atoms with Crippen LogP contribution in [0.2, 0.25) is 0 Å². The lowest BCUT2D eigenvalue weighted by Gasteiger charge is -2.32. The molecule has 5 heteroatoms. The molecule has 0 bridgehead atoms. The first-order valence-electron chi connectivity index (χ1n) is 11.9. The van der Waals surface area contributed by atoms with Crippen molar-refractivity contribution in [2.24, 2.45) is 5.73 Å². The van der Waals surface area contributed by atoms with Gasteiger partial charge in [-0.1, -0.05) is 37.1 Å². The van der Waals surface area contributed by atoms with Gasteiger partial charge in [0.25, 0.3) is 0 Å². The smallest absolute Gasteiger partial charge is 0.217 e. The molecule has 0 spiro atoms. The standard InChI is InChI=1S/C27H34N4O/c1-19-15-16-25(22(28)18-19)31(17-9-3-2-4-14-26(29)32)27-20-10-5-7-12-23(20)30-24-13-8-6-11-21(24)27/h5,7,10,12,15-16,18H,2-4,6,8-9,11,13-14,17,28H2,1H3,(H2,29,32). The van der Waals surface area contributed by atoms with E-state index in [2.05, 4.69) is 54.3 Å². The van der Waals surface area contributed by atoms with E-state index in [0.29, 0.717) is 6.42 Å². The Labute approximate surface area is 190 Å². The molecule has 0 saturated heterocycles. The first-order chi connectivity index (χ1) is 15.5. The Kier molecular flexibility index (Phi) is 6.93. The molecule has 0 aliphatic heterocycles. The van der Waals surface area contributed by atoms with Gasteiger partial charge in [0.2, 0.25) is 5.91 Å². The summed E-state index contributed by atoms with van der Waals surface area (Å²) in [7, 11) is 0. The van der Waals surface area contributed by atoms with Crippen LogP contribution in [-0.4, -0.2) is 17.4 Å². The molecule has 0 unspecified atom stereocenters. The average Bonchev–Trinajstić information content (AvgIpc) is 2.78. The van der Waals surface area contributed by atoms with Crippen LogP contribution in [0.3, 0.4) is 0 Å². The number of anilines is 3. The van der Waals surface area contributed by atoms with Crippen molar-refractivity contribution in [3.05, 3.63) is 59.3 Å². The zero-order valence-corrected chi connectivity index (χ0v) is 19.1. The Hall–Kier alpha value is -3.08. The highest BCUT2D eigenvalue weighted by molar-refractivity contribution is 5.97. The summed E-state index contributed by atoms with van der Waals surface area (Å²) < 4.78 is 0. The van der Waals surface area contributed by atoms with Crippen LogP contribution in [0, 0.1) is 6.92 Å². The molecule has 0 radical (unpaired) electrons. The predicted octanol–water partition coefficient (Wildman–Crippen LogP) is 5.58. The number of unbranched alkanes of at least 4 members (excludes halogenated alkanes) is 3. The van der Waals surface area contributed by atoms with E-state index in [0.717, 1.165) is 62.0 Å². The Bertz CT molecular complexity index is 1110. The number of pyridine rings is 1. The van der Waals surface area contributed by atoms with Crippen molar-refractivity contribution in [3.63, 3.8) is 0 Å². The second kappa shape index (κ2) is 10.0. The van der Waals surface area contributed by atoms with Crippen molar-refractivity contribution < 1.29 is 4.79 Å². The van der Waals surface area contributed by atoms with Gasteiger partial charge in [-0.15, -0.1) is 0 Å². The Balaban J connectivity index is 1.73. The van der Waals surface area contributed by atoms with Gasteiger partial charge in [-0.2, -0.15) is 0 Å². The number of aromatic nitrogens is 1. The van der Waals surface area contributed by atoms with Gasteiger partial charge in [0.05, 0.1) is 22.6 Å². The normalized spacial score (nSPS) is 13.2. The molecule has 0 fully saturated rings. The number of nitrogens with zero attached hydrogens (tertiary/aromatic N) is 2. The van der Waals surface area contributed by atoms with E-state index in [1.807, 2.05) is 0 Å². The topological polar surface area (TPSA) is 85.2 Å². The highest BCUT2D eigenvalue weighted by Gasteiger charge is 2.24. The summed E-state index contributed by atoms with van der Waals surface area (Å²) in [6.07, 6.45) is 8.91. The van der Waals surface area contributed by atoms with E-state index in [-0.39, 0.29) is 5.91 Å². The number of benzene rings is 2. The minimum Gasteiger partial charge on any atom is -0.397 e. The number of fused-ring (bicyclic) bond motifs is 2. The molecule has 4 N–H and O–H groups in total. The van der Waals surface area contributed by atoms with E-state index < -0.39 is 0 Å². The van der Waals surface area contributed by atoms with Crippen molar-refractivity contribution in [3.8, 4) is 0 Å². The van der Waals surface area contributed by atoms with Crippen LogP contribution in [0.1, 0.15) is 61.8 Å². The van der Waals surface area contributed by atoms with Crippen molar-refractivity contribution in [1.29, 1.82) is 0 Å². The predicted molar refractivity (Wildman–Crippen MR) is 133 cm³/mol. The van der Waals surface area contributed by atoms with E-state index >= 15 is 0 Å². The Morgan fingerprint density at radius 2 is 1.81 bits per heavy atom. The molecule has 3 aromatic rings. The number of hydrogen-bond donors (Lipinski definition) is 2. The zero-order valence-electron chi connectivity index (χ0n) is 19.1. The fraction of sp³-hybridized carbons (Fsp3) is 0.407. The van der Waals surface area contributed by atoms with Gasteiger partial charge in [-0.3, -0.25) is 9.78 Å². The van der Waals surface area contributed by atoms with Crippen LogP contribution in [0.15, 0.2) is 42.5 Å². The van der Waals surface area contributed by atoms with Crippen LogP contribution >= 0.6 is 0 Å². The molecule has 1 aliphatic rings. The van der Waals surface area contributed by atoms with Crippen molar-refractivity contribution in [2.75, 3.05) is 17.2 Å². The SMILES string of the molecule is Cc1ccc(N(CCCCCCC(N)=O)c2c3c(nc4ccccc24)CCCC3)c(N)c1. The summed E-state index contributed by atoms with van der Waals surface area (Å²) in [5.41, 5.74) is 19.8. The molecule has 32 heavy (non-hydrogen) atoms. The number of carbonyl (C=O) groups is 1. The van der Waals surface area contributed by atoms with Crippen molar-refractivity contribution in [2.45, 2.75) is 64.7 Å². The molecular weight excluding hydrogens is 396 g/mol. The van der Waals surface area contributed by atoms with E-state index in [4.69, 9.17) is 16.5 Å². The number of para-hydroxylation sites is 1. The van der Waals surface area contributed by atoms with Gasteiger partial charge < -0.3 is 16.4 Å². The van der Waals surface area contributed by atoms with Gasteiger partial charge in [0, 0.05) is 24.0 Å². The fourth-order valence-corrected chi connectivity index (χ4v) is 4.85. The third-order valence-corrected chi connectivity index (χ3v) is 6.44. The number of aryl methyl sites for hydroxylation is 2. The van der Waals surface area contributed by atoms with Crippen LogP contribution in [0.4, 0.5) is 17.1 Å². The van der Waals surface area contributed by atoms with Crippen molar-refractivity contribution in [1.82, 2.24) is 4.98 Å². The molecule has 4 rings (SSSR count). The molecule has 1 aromatic heterocycles. The quantitative estimate of drug-likeness (QED) is 0.343. The summed E-state index contributed by atoms with van der Waals surface area (Å²) in [6, 6.07) is 14.8. The molecule has 1 aliphatic carbocycles. The lowest BCUT2D eigenvalue weighted by Crippen LogP contribution is -2.23. The molecule has 2 aromatic carbocycles. The number of nitrogen functional groups attached to an aromatic ring is 1. The number of hydrogen-bond acceptors (Lipinski definition) is 4. The van der Waals surface area contributed by atoms with Crippen LogP contribution < -0.4 is 16.4 Å². The van der Waals surface area contributed by atoms with Gasteiger partial charge in [0.1, 0.15) is 0 Å². The first-order valence-corrected chi connectivity index (χ1v) is 11.9. The maximum absolute atomic E-state index is 11.0. The summed E-state index contributed by atoms with van der Waals surface area (Å²) >= 11 is 0. The molecule has 0 saturated carbocycles. The molecule has 0 atom stereocenters. The summed E-state index contributed by atoms with van der Waals surface area (Å²) in [5, 5.41) is 1.20. The number of primary amides is 1. The number of carbonyl (C=O) groups excluding carboxylic acids is 1. The van der Waals surface area contributed by atoms with Gasteiger partial charge >= 0.3 is 0 Å². The van der Waals surface area contributed by atoms with Crippen molar-refractivity contribution >= 4 is 33.9 Å². The second-order valence-electron chi connectivity index (χ2n) is 8.95. The Morgan fingerprint density at radius 1 is 1.03 bits per heavy atom. The lowest BCUT2D eigenvalue weighted by atomic mass is 9.91. The van der Waals surface area contributed by atoms with E-state index in [9.17, 15) is 4.79 Å². The van der Waals surface area contributed by atoms with E-state index in [1.165, 1.54) is 40.7 Å². The number of rotatable bonds is 9. The molecule has 1 amide bonds. The third-order valence-electron chi connectivity index (χ3n) is 6.44. The fourth-order valence-electron chi connectivity index (χ4n) is 4.85. The number of nitrogens with two attached hydrogens (primary N) is 2. The summed E-state index contributed by atoms with van der Waals surface area (Å²) in [4.78, 5) is 18.5. The molecule has 5 nitrogen and oxygen atoms in total. The highest BCUT2D eigenvalue weighted by atomic mass is 16.1. The van der Waals surface area contributed by atoms with Gasteiger partial charge in [0.15, 0.2) is 0 Å². The monoisotopic (exact) mass is 430 g/mol. The largest absolute Gasteiger partial charge is 0.397 e. The minimum atomic E-state index is -0.214. The molecule has 168 valence electrons. The first kappa shape index (κ1) is 22.1. The second-order valence-corrected chi connectivity index (χ2v) is 8.95. The van der Waals surface area contributed by atoms with Gasteiger partial charge in [-0.25, -0.2) is 0 Å². The summed E-state index contributed by atoms with van der Waals surface area (Å²) in [5.74, 6) is -0.214. The van der Waals surface area contributed by atoms with E-state index in [1.54, 1.807) is 0 Å². The van der Waals surface area contributed by atoms with Gasteiger partial charge in [-0.05, 0) is 74.8 Å². The summed E-state index contributed by atoms with van der Waals surface area (Å²) in [6.45, 7) is 2.96. The minimum absolute atomic E-state index is 0.214. The molecule has 1 heterocycles. The maximum Gasteiger partial charge on any atom is 0.217 e. The Morgan fingerprint density at radius 3 is 2.62 bits per heavy atom. The third kappa shape index (κ3) is 4.87. The number of amides is 1. The highest BCUT2D eigenvalue weighted by Crippen LogP contribution is 2.41. The zero-order chi connectivity index (χ0) is 22.5. The maximum atomic E-state index is 11.0. The lowest BCUT2D eigenvalue weighted by molar-refractivity contribution is -0.118.